The third-order valence-electron chi connectivity index (χ3n) is 5.85. The summed E-state index contributed by atoms with van der Waals surface area (Å²) >= 11 is 6.32. The van der Waals surface area contributed by atoms with Gasteiger partial charge in [-0.15, -0.1) is 0 Å². The zero-order valence-electron chi connectivity index (χ0n) is 19.2. The average molecular weight is 489 g/mol. The lowest BCUT2D eigenvalue weighted by atomic mass is 10.0. The smallest absolute Gasteiger partial charge is 0.258 e. The molecule has 6 nitrogen and oxygen atoms in total. The Morgan fingerprint density at radius 2 is 1.80 bits per heavy atom. The highest BCUT2D eigenvalue weighted by molar-refractivity contribution is 6.31. The second-order valence-corrected chi connectivity index (χ2v) is 8.53. The van der Waals surface area contributed by atoms with Gasteiger partial charge in [-0.2, -0.15) is 0 Å². The van der Waals surface area contributed by atoms with Crippen LogP contribution in [0.2, 0.25) is 5.02 Å². The summed E-state index contributed by atoms with van der Waals surface area (Å²) in [6, 6.07) is 24.5. The van der Waals surface area contributed by atoms with Crippen LogP contribution in [0.15, 0.2) is 89.5 Å². The van der Waals surface area contributed by atoms with Crippen molar-refractivity contribution in [2.75, 3.05) is 11.9 Å². The maximum atomic E-state index is 13.5. The third-order valence-corrected chi connectivity index (χ3v) is 6.22. The van der Waals surface area contributed by atoms with Crippen molar-refractivity contribution in [3.8, 4) is 11.5 Å². The van der Waals surface area contributed by atoms with E-state index in [1.165, 1.54) is 0 Å². The standard InChI is InChI=1S/C28H25ClN2O4/c1-2-33-25-14-13-19(16-26(25)35-18-20-8-3-5-11-23(20)29)27-30-24-12-6-4-10-22(24)28(32)31(27)17-21-9-7-15-34-21/h3-16,27,30H,2,17-18H2,1H3/t27-/m0/s1. The zero-order valence-corrected chi connectivity index (χ0v) is 20.0. The van der Waals surface area contributed by atoms with Crippen LogP contribution in [0.1, 0.15) is 40.3 Å². The van der Waals surface area contributed by atoms with E-state index < -0.39 is 6.17 Å². The highest BCUT2D eigenvalue weighted by Crippen LogP contribution is 2.38. The number of hydrogen-bond donors (Lipinski definition) is 1. The first kappa shape index (κ1) is 22.9. The van der Waals surface area contributed by atoms with Gasteiger partial charge >= 0.3 is 0 Å². The molecule has 0 radical (unpaired) electrons. The summed E-state index contributed by atoms with van der Waals surface area (Å²) in [6.07, 6.45) is 1.18. The van der Waals surface area contributed by atoms with Crippen molar-refractivity contribution >= 4 is 23.2 Å². The van der Waals surface area contributed by atoms with Gasteiger partial charge in [0, 0.05) is 16.3 Å². The molecule has 178 valence electrons. The molecule has 0 saturated carbocycles. The summed E-state index contributed by atoms with van der Waals surface area (Å²) < 4.78 is 17.5. The van der Waals surface area contributed by atoms with E-state index in [0.29, 0.717) is 47.6 Å². The molecule has 0 unspecified atom stereocenters. The highest BCUT2D eigenvalue weighted by atomic mass is 35.5. The molecule has 0 spiro atoms. The Bertz CT molecular complexity index is 1320. The Morgan fingerprint density at radius 1 is 0.971 bits per heavy atom. The van der Waals surface area contributed by atoms with Gasteiger partial charge in [0.25, 0.3) is 5.91 Å². The second kappa shape index (κ2) is 10.2. The number of carbonyl (C=O) groups excluding carboxylic acids is 1. The van der Waals surface area contributed by atoms with Crippen molar-refractivity contribution in [1.82, 2.24) is 4.90 Å². The first-order valence-corrected chi connectivity index (χ1v) is 11.8. The van der Waals surface area contributed by atoms with Crippen LogP contribution in [0.3, 0.4) is 0 Å². The molecule has 0 aliphatic carbocycles. The Morgan fingerprint density at radius 3 is 2.60 bits per heavy atom. The molecular formula is C28H25ClN2O4. The average Bonchev–Trinajstić information content (AvgIpc) is 3.39. The maximum Gasteiger partial charge on any atom is 0.258 e. The molecule has 1 amide bonds. The van der Waals surface area contributed by atoms with E-state index in [0.717, 1.165) is 16.8 Å². The first-order valence-electron chi connectivity index (χ1n) is 11.5. The van der Waals surface area contributed by atoms with Crippen molar-refractivity contribution in [2.24, 2.45) is 0 Å². The predicted molar refractivity (Wildman–Crippen MR) is 135 cm³/mol. The van der Waals surface area contributed by atoms with Crippen LogP contribution >= 0.6 is 11.6 Å². The molecule has 0 bridgehead atoms. The van der Waals surface area contributed by atoms with Gasteiger partial charge < -0.3 is 24.1 Å². The van der Waals surface area contributed by atoms with Gasteiger partial charge in [0.1, 0.15) is 18.5 Å². The molecular weight excluding hydrogens is 464 g/mol. The van der Waals surface area contributed by atoms with Crippen molar-refractivity contribution in [1.29, 1.82) is 0 Å². The second-order valence-electron chi connectivity index (χ2n) is 8.12. The van der Waals surface area contributed by atoms with Crippen molar-refractivity contribution in [3.05, 3.63) is 113 Å². The van der Waals surface area contributed by atoms with E-state index >= 15 is 0 Å². The summed E-state index contributed by atoms with van der Waals surface area (Å²) in [6.45, 7) is 3.04. The van der Waals surface area contributed by atoms with E-state index in [1.807, 2.05) is 85.8 Å². The summed E-state index contributed by atoms with van der Waals surface area (Å²) in [5, 5.41) is 4.15. The fourth-order valence-corrected chi connectivity index (χ4v) is 4.33. The van der Waals surface area contributed by atoms with Gasteiger partial charge in [-0.25, -0.2) is 0 Å². The third kappa shape index (κ3) is 4.84. The minimum Gasteiger partial charge on any atom is -0.490 e. The SMILES string of the molecule is CCOc1ccc([C@H]2Nc3ccccc3C(=O)N2Cc2ccco2)cc1OCc1ccccc1Cl. The number of nitrogens with one attached hydrogen (secondary N) is 1. The summed E-state index contributed by atoms with van der Waals surface area (Å²) in [5.41, 5.74) is 3.14. The first-order chi connectivity index (χ1) is 17.1. The Hall–Kier alpha value is -3.90. The number of amides is 1. The van der Waals surface area contributed by atoms with Crippen LogP contribution in [0.25, 0.3) is 0 Å². The summed E-state index contributed by atoms with van der Waals surface area (Å²) in [7, 11) is 0. The number of halogens is 1. The maximum absolute atomic E-state index is 13.5. The minimum absolute atomic E-state index is 0.0758. The molecule has 5 rings (SSSR count). The Labute approximate surface area is 209 Å². The molecule has 1 aromatic heterocycles. The summed E-state index contributed by atoms with van der Waals surface area (Å²) in [4.78, 5) is 15.3. The van der Waals surface area contributed by atoms with E-state index in [1.54, 1.807) is 11.2 Å². The van der Waals surface area contributed by atoms with Gasteiger partial charge in [0.2, 0.25) is 0 Å². The number of fused-ring (bicyclic) bond motifs is 1. The Kier molecular flexibility index (Phi) is 6.64. The fraction of sp³-hybridized carbons (Fsp3) is 0.179. The topological polar surface area (TPSA) is 63.9 Å². The predicted octanol–water partition coefficient (Wildman–Crippen LogP) is 6.68. The Balaban J connectivity index is 1.50. The molecule has 7 heteroatoms. The lowest BCUT2D eigenvalue weighted by molar-refractivity contribution is 0.0651. The van der Waals surface area contributed by atoms with E-state index in [9.17, 15) is 4.79 Å². The van der Waals surface area contributed by atoms with Crippen LogP contribution in [-0.2, 0) is 13.2 Å². The molecule has 2 heterocycles. The van der Waals surface area contributed by atoms with Crippen molar-refractivity contribution < 1.29 is 18.7 Å². The highest BCUT2D eigenvalue weighted by Gasteiger charge is 2.34. The van der Waals surface area contributed by atoms with E-state index in [2.05, 4.69) is 5.32 Å². The number of carbonyl (C=O) groups is 1. The van der Waals surface area contributed by atoms with Crippen LogP contribution < -0.4 is 14.8 Å². The number of benzene rings is 3. The lowest BCUT2D eigenvalue weighted by Gasteiger charge is -2.38. The van der Waals surface area contributed by atoms with Crippen LogP contribution in [0, 0.1) is 0 Å². The van der Waals surface area contributed by atoms with Crippen LogP contribution in [0.4, 0.5) is 5.69 Å². The summed E-state index contributed by atoms with van der Waals surface area (Å²) in [5.74, 6) is 1.83. The van der Waals surface area contributed by atoms with E-state index in [4.69, 9.17) is 25.5 Å². The number of rotatable bonds is 8. The van der Waals surface area contributed by atoms with E-state index in [-0.39, 0.29) is 5.91 Å². The molecule has 4 aromatic rings. The zero-order chi connectivity index (χ0) is 24.2. The monoisotopic (exact) mass is 488 g/mol. The molecule has 0 fully saturated rings. The lowest BCUT2D eigenvalue weighted by Crippen LogP contribution is -2.42. The quantitative estimate of drug-likeness (QED) is 0.300. The normalized spacial score (nSPS) is 14.9. The number of para-hydroxylation sites is 1. The van der Waals surface area contributed by atoms with Gasteiger partial charge in [0.05, 0.1) is 25.0 Å². The molecule has 3 aromatic carbocycles. The molecule has 1 aliphatic rings. The molecule has 1 aliphatic heterocycles. The van der Waals surface area contributed by atoms with Crippen LogP contribution in [-0.4, -0.2) is 17.4 Å². The van der Waals surface area contributed by atoms with Crippen molar-refractivity contribution in [3.63, 3.8) is 0 Å². The molecule has 1 N–H and O–H groups in total. The number of ether oxygens (including phenoxy) is 2. The van der Waals surface area contributed by atoms with Crippen LogP contribution in [0.5, 0.6) is 11.5 Å². The number of furan rings is 1. The number of hydrogen-bond acceptors (Lipinski definition) is 5. The van der Waals surface area contributed by atoms with Gasteiger partial charge in [0.15, 0.2) is 11.5 Å². The van der Waals surface area contributed by atoms with Crippen molar-refractivity contribution in [2.45, 2.75) is 26.2 Å². The fourth-order valence-electron chi connectivity index (χ4n) is 4.14. The van der Waals surface area contributed by atoms with Gasteiger partial charge in [-0.3, -0.25) is 4.79 Å². The molecule has 0 saturated heterocycles. The molecule has 1 atom stereocenters. The number of anilines is 1. The largest absolute Gasteiger partial charge is 0.490 e. The minimum atomic E-state index is -0.430. The number of nitrogens with zero attached hydrogens (tertiary/aromatic N) is 1. The van der Waals surface area contributed by atoms with Gasteiger partial charge in [-0.1, -0.05) is 48.0 Å². The van der Waals surface area contributed by atoms with Gasteiger partial charge in [-0.05, 0) is 55.0 Å². The molecule has 35 heavy (non-hydrogen) atoms.